The number of likely N-dealkylation sites (tertiary alicyclic amines) is 1. The summed E-state index contributed by atoms with van der Waals surface area (Å²) in [5.74, 6) is 0.106. The summed E-state index contributed by atoms with van der Waals surface area (Å²) in [4.78, 5) is 31.0. The smallest absolute Gasteiger partial charge is 0.335 e. The molecule has 0 unspecified atom stereocenters. The Morgan fingerprint density at radius 1 is 1.00 bits per heavy atom. The summed E-state index contributed by atoms with van der Waals surface area (Å²) in [6.45, 7) is 2.52. The summed E-state index contributed by atoms with van der Waals surface area (Å²) in [6, 6.07) is 8.85. The van der Waals surface area contributed by atoms with Crippen molar-refractivity contribution in [3.63, 3.8) is 0 Å². The lowest BCUT2D eigenvalue weighted by atomic mass is 10.1. The van der Waals surface area contributed by atoms with Crippen molar-refractivity contribution in [1.82, 2.24) is 9.88 Å². The molecule has 6 nitrogen and oxygen atoms in total. The predicted molar refractivity (Wildman–Crippen MR) is 94.7 cm³/mol. The number of carbonyl (C=O) groups is 2. The maximum Gasteiger partial charge on any atom is 0.335 e. The highest BCUT2D eigenvalue weighted by Gasteiger charge is 2.26. The Hall–Kier alpha value is -2.76. The number of nitrogens with zero attached hydrogens (tertiary/aromatic N) is 2. The van der Waals surface area contributed by atoms with Crippen LogP contribution in [-0.4, -0.2) is 46.5 Å². The molecule has 3 heterocycles. The topological polar surface area (TPSA) is 76.6 Å². The van der Waals surface area contributed by atoms with Gasteiger partial charge in [-0.3, -0.25) is 4.79 Å². The molecular formula is C19H21N3O3. The molecule has 1 saturated heterocycles. The first-order valence-electron chi connectivity index (χ1n) is 8.75. The van der Waals surface area contributed by atoms with Crippen molar-refractivity contribution in [1.29, 1.82) is 0 Å². The molecule has 0 aliphatic carbocycles. The van der Waals surface area contributed by atoms with Crippen LogP contribution in [-0.2, 0) is 6.42 Å². The first-order chi connectivity index (χ1) is 12.1. The van der Waals surface area contributed by atoms with E-state index in [1.165, 1.54) is 0 Å². The first-order valence-corrected chi connectivity index (χ1v) is 8.75. The molecule has 130 valence electrons. The van der Waals surface area contributed by atoms with Crippen LogP contribution in [0.5, 0.6) is 0 Å². The van der Waals surface area contributed by atoms with E-state index in [0.29, 0.717) is 5.69 Å². The van der Waals surface area contributed by atoms with E-state index in [4.69, 9.17) is 5.11 Å². The Kier molecular flexibility index (Phi) is 3.95. The highest BCUT2D eigenvalue weighted by Crippen LogP contribution is 2.34. The van der Waals surface area contributed by atoms with Gasteiger partial charge in [0.2, 0.25) is 0 Å². The van der Waals surface area contributed by atoms with Crippen LogP contribution < -0.4 is 4.90 Å². The number of hydrogen-bond donors (Lipinski definition) is 2. The van der Waals surface area contributed by atoms with Gasteiger partial charge in [-0.25, -0.2) is 4.79 Å². The summed E-state index contributed by atoms with van der Waals surface area (Å²) in [7, 11) is 0. The molecule has 2 aliphatic heterocycles. The largest absolute Gasteiger partial charge is 0.478 e. The highest BCUT2D eigenvalue weighted by atomic mass is 16.4. The standard InChI is InChI=1S/C19H21N3O3/c23-18(21-9-1-2-10-21)16-12-14-4-3-11-22(17(14)20-16)15-7-5-13(6-8-15)19(24)25/h5-8,12,20H,1-4,9-11H2,(H,24,25). The van der Waals surface area contributed by atoms with Crippen LogP contribution >= 0.6 is 0 Å². The number of carboxylic acids is 1. The molecule has 0 spiro atoms. The average molecular weight is 339 g/mol. The van der Waals surface area contributed by atoms with E-state index in [1.807, 2.05) is 23.1 Å². The van der Waals surface area contributed by atoms with E-state index in [1.54, 1.807) is 12.1 Å². The molecule has 25 heavy (non-hydrogen) atoms. The normalized spacial score (nSPS) is 16.8. The number of benzene rings is 1. The third kappa shape index (κ3) is 2.88. The van der Waals surface area contributed by atoms with E-state index in [0.717, 1.165) is 62.4 Å². The van der Waals surface area contributed by atoms with Crippen LogP contribution in [0.2, 0.25) is 0 Å². The summed E-state index contributed by atoms with van der Waals surface area (Å²) in [5, 5.41) is 9.05. The minimum Gasteiger partial charge on any atom is -0.478 e. The molecule has 1 aromatic heterocycles. The third-order valence-electron chi connectivity index (χ3n) is 5.02. The molecule has 2 N–H and O–H groups in total. The number of aromatic carboxylic acids is 1. The third-order valence-corrected chi connectivity index (χ3v) is 5.02. The van der Waals surface area contributed by atoms with Crippen LogP contribution in [0.25, 0.3) is 0 Å². The molecule has 0 saturated carbocycles. The second kappa shape index (κ2) is 6.27. The fourth-order valence-corrected chi connectivity index (χ4v) is 3.71. The molecule has 2 aliphatic rings. The molecule has 0 bridgehead atoms. The molecule has 0 atom stereocenters. The number of aromatic nitrogens is 1. The van der Waals surface area contributed by atoms with Gasteiger partial charge >= 0.3 is 5.97 Å². The zero-order valence-corrected chi connectivity index (χ0v) is 14.0. The summed E-state index contributed by atoms with van der Waals surface area (Å²) in [5.41, 5.74) is 3.02. The molecule has 1 aromatic carbocycles. The molecule has 0 radical (unpaired) electrons. The molecule has 1 amide bonds. The summed E-state index contributed by atoms with van der Waals surface area (Å²) in [6.07, 6.45) is 4.11. The number of amides is 1. The van der Waals surface area contributed by atoms with Gasteiger partial charge in [0.25, 0.3) is 5.91 Å². The zero-order valence-electron chi connectivity index (χ0n) is 14.0. The van der Waals surface area contributed by atoms with Gasteiger partial charge in [-0.15, -0.1) is 0 Å². The minimum absolute atomic E-state index is 0.0769. The lowest BCUT2D eigenvalue weighted by Crippen LogP contribution is -2.28. The van der Waals surface area contributed by atoms with Crippen LogP contribution in [0.1, 0.15) is 45.7 Å². The van der Waals surface area contributed by atoms with E-state index in [9.17, 15) is 9.59 Å². The van der Waals surface area contributed by atoms with Crippen molar-refractivity contribution in [3.8, 4) is 0 Å². The molecule has 1 fully saturated rings. The van der Waals surface area contributed by atoms with Gasteiger partial charge in [0.1, 0.15) is 11.5 Å². The Morgan fingerprint density at radius 3 is 2.40 bits per heavy atom. The van der Waals surface area contributed by atoms with Crippen LogP contribution in [0.4, 0.5) is 11.5 Å². The Morgan fingerprint density at radius 2 is 1.72 bits per heavy atom. The van der Waals surface area contributed by atoms with Crippen molar-refractivity contribution in [2.45, 2.75) is 25.7 Å². The van der Waals surface area contributed by atoms with Crippen LogP contribution in [0.15, 0.2) is 30.3 Å². The van der Waals surface area contributed by atoms with Gasteiger partial charge in [0, 0.05) is 25.3 Å². The fraction of sp³-hybridized carbons (Fsp3) is 0.368. The van der Waals surface area contributed by atoms with E-state index >= 15 is 0 Å². The predicted octanol–water partition coefficient (Wildman–Crippen LogP) is 3.03. The zero-order chi connectivity index (χ0) is 17.4. The highest BCUT2D eigenvalue weighted by molar-refractivity contribution is 5.94. The number of aryl methyl sites for hydroxylation is 1. The summed E-state index contributed by atoms with van der Waals surface area (Å²) >= 11 is 0. The number of carbonyl (C=O) groups excluding carboxylic acids is 1. The number of hydrogen-bond acceptors (Lipinski definition) is 3. The fourth-order valence-electron chi connectivity index (χ4n) is 3.71. The maximum atomic E-state index is 12.6. The van der Waals surface area contributed by atoms with Gasteiger partial charge in [-0.2, -0.15) is 0 Å². The van der Waals surface area contributed by atoms with Gasteiger partial charge in [0.05, 0.1) is 5.56 Å². The Labute approximate surface area is 146 Å². The number of rotatable bonds is 3. The number of nitrogens with one attached hydrogen (secondary N) is 1. The van der Waals surface area contributed by atoms with Crippen LogP contribution in [0, 0.1) is 0 Å². The first kappa shape index (κ1) is 15.7. The second-order valence-corrected chi connectivity index (χ2v) is 6.66. The lowest BCUT2D eigenvalue weighted by Gasteiger charge is -2.28. The quantitative estimate of drug-likeness (QED) is 0.901. The second-order valence-electron chi connectivity index (χ2n) is 6.66. The molecule has 2 aromatic rings. The van der Waals surface area contributed by atoms with Gasteiger partial charge < -0.3 is 19.9 Å². The van der Waals surface area contributed by atoms with Crippen LogP contribution in [0.3, 0.4) is 0 Å². The van der Waals surface area contributed by atoms with Crippen molar-refractivity contribution in [2.75, 3.05) is 24.5 Å². The van der Waals surface area contributed by atoms with Crippen molar-refractivity contribution >= 4 is 23.4 Å². The number of H-pyrrole nitrogens is 1. The van der Waals surface area contributed by atoms with E-state index < -0.39 is 5.97 Å². The maximum absolute atomic E-state index is 12.6. The number of fused-ring (bicyclic) bond motifs is 1. The average Bonchev–Trinajstić information content (AvgIpc) is 3.30. The van der Waals surface area contributed by atoms with Crippen molar-refractivity contribution in [2.24, 2.45) is 0 Å². The lowest BCUT2D eigenvalue weighted by molar-refractivity contribution is 0.0696. The van der Waals surface area contributed by atoms with Crippen molar-refractivity contribution in [3.05, 3.63) is 47.2 Å². The monoisotopic (exact) mass is 339 g/mol. The van der Waals surface area contributed by atoms with Gasteiger partial charge in [-0.05, 0) is 61.6 Å². The van der Waals surface area contributed by atoms with Crippen molar-refractivity contribution < 1.29 is 14.7 Å². The van der Waals surface area contributed by atoms with E-state index in [2.05, 4.69) is 9.88 Å². The minimum atomic E-state index is -0.927. The van der Waals surface area contributed by atoms with Gasteiger partial charge in [-0.1, -0.05) is 0 Å². The number of anilines is 2. The molecule has 6 heteroatoms. The molecule has 4 rings (SSSR count). The number of carboxylic acid groups (broad SMARTS) is 1. The Bertz CT molecular complexity index is 804. The summed E-state index contributed by atoms with van der Waals surface area (Å²) < 4.78 is 0. The van der Waals surface area contributed by atoms with Gasteiger partial charge in [0.15, 0.2) is 0 Å². The van der Waals surface area contributed by atoms with E-state index in [-0.39, 0.29) is 11.5 Å². The molecular weight excluding hydrogens is 318 g/mol. The Balaban J connectivity index is 1.63. The SMILES string of the molecule is O=C(O)c1ccc(N2CCCc3cc(C(=O)N4CCCC4)[nH]c32)cc1. The number of aromatic amines is 1.